The van der Waals surface area contributed by atoms with Crippen LogP contribution < -0.4 is 14.8 Å². The first kappa shape index (κ1) is 22.5. The van der Waals surface area contributed by atoms with Gasteiger partial charge in [0.15, 0.2) is 0 Å². The molecule has 0 saturated carbocycles. The summed E-state index contributed by atoms with van der Waals surface area (Å²) < 4.78 is 10.6. The standard InChI is InChI=1S/C24H31N3O4/c1-18-4-6-19(7-5-18)16-23(28)26-12-14-27(15-13-26)24(29)25-11-10-20-8-9-21(30-2)17-22(20)31-3/h4-9,17H,10-16H2,1-3H3,(H,25,29). The molecule has 31 heavy (non-hydrogen) atoms. The van der Waals surface area contributed by atoms with Crippen molar-refractivity contribution in [2.45, 2.75) is 19.8 Å². The first-order valence-corrected chi connectivity index (χ1v) is 10.6. The Bertz CT molecular complexity index is 890. The van der Waals surface area contributed by atoms with Gasteiger partial charge in [-0.3, -0.25) is 4.79 Å². The van der Waals surface area contributed by atoms with Gasteiger partial charge < -0.3 is 24.6 Å². The van der Waals surface area contributed by atoms with Crippen molar-refractivity contribution in [3.05, 3.63) is 59.2 Å². The topological polar surface area (TPSA) is 71.1 Å². The molecule has 2 aromatic carbocycles. The van der Waals surface area contributed by atoms with E-state index in [0.29, 0.717) is 45.6 Å². The Hall–Kier alpha value is -3.22. The van der Waals surface area contributed by atoms with Crippen molar-refractivity contribution in [1.82, 2.24) is 15.1 Å². The Labute approximate surface area is 183 Å². The van der Waals surface area contributed by atoms with E-state index in [-0.39, 0.29) is 11.9 Å². The van der Waals surface area contributed by atoms with Crippen LogP contribution in [0.2, 0.25) is 0 Å². The van der Waals surface area contributed by atoms with Crippen LogP contribution in [0.15, 0.2) is 42.5 Å². The third kappa shape index (κ3) is 6.13. The number of nitrogens with zero attached hydrogens (tertiary/aromatic N) is 2. The number of urea groups is 1. The summed E-state index contributed by atoms with van der Waals surface area (Å²) in [6.45, 7) is 4.74. The largest absolute Gasteiger partial charge is 0.497 e. The number of nitrogens with one attached hydrogen (secondary N) is 1. The quantitative estimate of drug-likeness (QED) is 0.740. The second-order valence-corrected chi connectivity index (χ2v) is 7.69. The molecule has 0 aliphatic carbocycles. The number of methoxy groups -OCH3 is 2. The van der Waals surface area contributed by atoms with Gasteiger partial charge in [-0.2, -0.15) is 0 Å². The summed E-state index contributed by atoms with van der Waals surface area (Å²) in [7, 11) is 3.24. The summed E-state index contributed by atoms with van der Waals surface area (Å²) in [4.78, 5) is 28.7. The van der Waals surface area contributed by atoms with Crippen LogP contribution in [0.4, 0.5) is 4.79 Å². The summed E-state index contributed by atoms with van der Waals surface area (Å²) in [5.41, 5.74) is 3.21. The molecular weight excluding hydrogens is 394 g/mol. The minimum atomic E-state index is -0.0990. The van der Waals surface area contributed by atoms with Crippen LogP contribution in [-0.2, 0) is 17.6 Å². The number of hydrogen-bond donors (Lipinski definition) is 1. The summed E-state index contributed by atoms with van der Waals surface area (Å²) >= 11 is 0. The van der Waals surface area contributed by atoms with Gasteiger partial charge in [-0.1, -0.05) is 35.9 Å². The average molecular weight is 426 g/mol. The van der Waals surface area contributed by atoms with Crippen LogP contribution in [0.3, 0.4) is 0 Å². The Balaban J connectivity index is 1.42. The van der Waals surface area contributed by atoms with Gasteiger partial charge in [0.1, 0.15) is 11.5 Å². The number of rotatable bonds is 7. The minimum absolute atomic E-state index is 0.0990. The summed E-state index contributed by atoms with van der Waals surface area (Å²) in [5, 5.41) is 2.97. The van der Waals surface area contributed by atoms with Crippen molar-refractivity contribution in [3.8, 4) is 11.5 Å². The van der Waals surface area contributed by atoms with E-state index in [9.17, 15) is 9.59 Å². The number of carbonyl (C=O) groups excluding carboxylic acids is 2. The maximum Gasteiger partial charge on any atom is 0.317 e. The van der Waals surface area contributed by atoms with Crippen molar-refractivity contribution >= 4 is 11.9 Å². The highest BCUT2D eigenvalue weighted by atomic mass is 16.5. The molecule has 2 aromatic rings. The lowest BCUT2D eigenvalue weighted by molar-refractivity contribution is -0.131. The second-order valence-electron chi connectivity index (χ2n) is 7.69. The number of aryl methyl sites for hydroxylation is 1. The zero-order valence-corrected chi connectivity index (χ0v) is 18.5. The van der Waals surface area contributed by atoms with E-state index in [4.69, 9.17) is 9.47 Å². The van der Waals surface area contributed by atoms with Gasteiger partial charge in [-0.05, 0) is 30.5 Å². The molecule has 0 radical (unpaired) electrons. The Morgan fingerprint density at radius 2 is 1.61 bits per heavy atom. The van der Waals surface area contributed by atoms with Crippen molar-refractivity contribution in [3.63, 3.8) is 0 Å². The van der Waals surface area contributed by atoms with E-state index < -0.39 is 0 Å². The molecule has 1 aliphatic rings. The van der Waals surface area contributed by atoms with Crippen molar-refractivity contribution in [2.24, 2.45) is 0 Å². The van der Waals surface area contributed by atoms with Gasteiger partial charge in [-0.15, -0.1) is 0 Å². The molecule has 0 atom stereocenters. The summed E-state index contributed by atoms with van der Waals surface area (Å²) in [5.74, 6) is 1.59. The monoisotopic (exact) mass is 425 g/mol. The molecule has 166 valence electrons. The molecular formula is C24H31N3O4. The molecule has 0 spiro atoms. The van der Waals surface area contributed by atoms with Gasteiger partial charge in [0, 0.05) is 38.8 Å². The molecule has 3 rings (SSSR count). The zero-order valence-electron chi connectivity index (χ0n) is 18.5. The fraction of sp³-hybridized carbons (Fsp3) is 0.417. The number of benzene rings is 2. The molecule has 0 unspecified atom stereocenters. The highest BCUT2D eigenvalue weighted by molar-refractivity contribution is 5.79. The summed E-state index contributed by atoms with van der Waals surface area (Å²) in [6, 6.07) is 13.6. The molecule has 7 heteroatoms. The van der Waals surface area contributed by atoms with Crippen LogP contribution in [0, 0.1) is 6.92 Å². The van der Waals surface area contributed by atoms with Crippen molar-refractivity contribution in [2.75, 3.05) is 46.9 Å². The molecule has 1 fully saturated rings. The lowest BCUT2D eigenvalue weighted by Crippen LogP contribution is -2.53. The van der Waals surface area contributed by atoms with E-state index in [1.165, 1.54) is 5.56 Å². The molecule has 1 heterocycles. The second kappa shape index (κ2) is 10.7. The molecule has 0 bridgehead atoms. The SMILES string of the molecule is COc1ccc(CCNC(=O)N2CCN(C(=O)Cc3ccc(C)cc3)CC2)c(OC)c1. The smallest absolute Gasteiger partial charge is 0.317 e. The normalized spacial score (nSPS) is 13.6. The fourth-order valence-electron chi connectivity index (χ4n) is 3.63. The molecule has 7 nitrogen and oxygen atoms in total. The highest BCUT2D eigenvalue weighted by Crippen LogP contribution is 2.24. The lowest BCUT2D eigenvalue weighted by atomic mass is 10.1. The number of carbonyl (C=O) groups is 2. The molecule has 3 amide bonds. The molecule has 1 aliphatic heterocycles. The van der Waals surface area contributed by atoms with Crippen LogP contribution in [0.25, 0.3) is 0 Å². The fourth-order valence-corrected chi connectivity index (χ4v) is 3.63. The maximum atomic E-state index is 12.6. The van der Waals surface area contributed by atoms with Gasteiger partial charge in [-0.25, -0.2) is 4.79 Å². The third-order valence-corrected chi connectivity index (χ3v) is 5.56. The highest BCUT2D eigenvalue weighted by Gasteiger charge is 2.24. The van der Waals surface area contributed by atoms with Gasteiger partial charge in [0.25, 0.3) is 0 Å². The first-order valence-electron chi connectivity index (χ1n) is 10.6. The molecule has 0 aromatic heterocycles. The van der Waals surface area contributed by atoms with Gasteiger partial charge in [0.05, 0.1) is 20.6 Å². The lowest BCUT2D eigenvalue weighted by Gasteiger charge is -2.34. The van der Waals surface area contributed by atoms with Crippen LogP contribution in [0.5, 0.6) is 11.5 Å². The summed E-state index contributed by atoms with van der Waals surface area (Å²) in [6.07, 6.45) is 1.06. The van der Waals surface area contributed by atoms with Crippen LogP contribution >= 0.6 is 0 Å². The number of hydrogen-bond acceptors (Lipinski definition) is 4. The van der Waals surface area contributed by atoms with Crippen molar-refractivity contribution in [1.29, 1.82) is 0 Å². The van der Waals surface area contributed by atoms with E-state index in [1.807, 2.05) is 54.3 Å². The van der Waals surface area contributed by atoms with Crippen molar-refractivity contribution < 1.29 is 19.1 Å². The van der Waals surface area contributed by atoms with Gasteiger partial charge >= 0.3 is 6.03 Å². The van der Waals surface area contributed by atoms with Crippen LogP contribution in [0.1, 0.15) is 16.7 Å². The number of piperazine rings is 1. The van der Waals surface area contributed by atoms with Gasteiger partial charge in [0.2, 0.25) is 5.91 Å². The Morgan fingerprint density at radius 3 is 2.26 bits per heavy atom. The van der Waals surface area contributed by atoms with E-state index in [0.717, 1.165) is 22.6 Å². The Morgan fingerprint density at radius 1 is 0.935 bits per heavy atom. The molecule has 1 saturated heterocycles. The first-order chi connectivity index (χ1) is 15.0. The molecule has 1 N–H and O–H groups in total. The number of amides is 3. The average Bonchev–Trinajstić information content (AvgIpc) is 2.80. The maximum absolute atomic E-state index is 12.6. The predicted octanol–water partition coefficient (Wildman–Crippen LogP) is 2.65. The Kier molecular flexibility index (Phi) is 7.76. The van der Waals surface area contributed by atoms with E-state index in [2.05, 4.69) is 5.32 Å². The zero-order chi connectivity index (χ0) is 22.2. The minimum Gasteiger partial charge on any atom is -0.497 e. The van der Waals surface area contributed by atoms with E-state index >= 15 is 0 Å². The number of ether oxygens (including phenoxy) is 2. The van der Waals surface area contributed by atoms with E-state index in [1.54, 1.807) is 19.1 Å². The van der Waals surface area contributed by atoms with Crippen LogP contribution in [-0.4, -0.2) is 68.7 Å². The predicted molar refractivity (Wildman–Crippen MR) is 120 cm³/mol. The third-order valence-electron chi connectivity index (χ3n) is 5.56.